The molecular weight excluding hydrogens is 270 g/mol. The summed E-state index contributed by atoms with van der Waals surface area (Å²) >= 11 is 0. The minimum Gasteiger partial charge on any atom is -0.302 e. The number of rotatable bonds is 5. The Hall–Kier alpha value is -0.120. The van der Waals surface area contributed by atoms with Gasteiger partial charge in [0.1, 0.15) is 0 Å². The van der Waals surface area contributed by atoms with Crippen LogP contribution in [0.1, 0.15) is 51.9 Å². The Morgan fingerprint density at radius 3 is 2.18 bits per heavy atom. The van der Waals surface area contributed by atoms with E-state index < -0.39 is 0 Å². The number of piperidine rings is 1. The molecule has 2 saturated heterocycles. The van der Waals surface area contributed by atoms with Crippen molar-refractivity contribution in [3.8, 4) is 0 Å². The van der Waals surface area contributed by atoms with Gasteiger partial charge >= 0.3 is 0 Å². The summed E-state index contributed by atoms with van der Waals surface area (Å²) in [6, 6.07) is 1.81. The Labute approximate surface area is 137 Å². The normalized spacial score (nSPS) is 36.1. The molecule has 2 aliphatic carbocycles. The van der Waals surface area contributed by atoms with Crippen LogP contribution in [0.3, 0.4) is 0 Å². The third-order valence-electron chi connectivity index (χ3n) is 7.14. The lowest BCUT2D eigenvalue weighted by Crippen LogP contribution is -2.67. The van der Waals surface area contributed by atoms with Crippen molar-refractivity contribution in [1.82, 2.24) is 14.7 Å². The van der Waals surface area contributed by atoms with Crippen molar-refractivity contribution >= 4 is 0 Å². The third-order valence-corrected chi connectivity index (χ3v) is 7.14. The van der Waals surface area contributed by atoms with E-state index in [0.717, 1.165) is 23.4 Å². The fraction of sp³-hybridized carbons (Fsp3) is 1.00. The lowest BCUT2D eigenvalue weighted by molar-refractivity contribution is -0.120. The monoisotopic (exact) mass is 305 g/mol. The zero-order valence-electron chi connectivity index (χ0n) is 14.8. The Morgan fingerprint density at radius 1 is 0.909 bits per heavy atom. The Kier molecular flexibility index (Phi) is 4.25. The highest BCUT2D eigenvalue weighted by Crippen LogP contribution is 2.51. The molecule has 0 radical (unpaired) electrons. The van der Waals surface area contributed by atoms with Crippen LogP contribution >= 0.6 is 0 Å². The quantitative estimate of drug-likeness (QED) is 0.773. The first-order valence-corrected chi connectivity index (χ1v) is 9.80. The number of nitrogens with zero attached hydrogens (tertiary/aromatic N) is 3. The van der Waals surface area contributed by atoms with Gasteiger partial charge in [-0.3, -0.25) is 0 Å². The largest absolute Gasteiger partial charge is 0.302 e. The summed E-state index contributed by atoms with van der Waals surface area (Å²) in [7, 11) is 2.39. The molecule has 2 aliphatic heterocycles. The Balaban J connectivity index is 1.13. The number of hydrogen-bond donors (Lipinski definition) is 0. The molecule has 2 saturated carbocycles. The predicted molar refractivity (Wildman–Crippen MR) is 92.1 cm³/mol. The van der Waals surface area contributed by atoms with Crippen molar-refractivity contribution in [2.75, 3.05) is 46.3 Å². The van der Waals surface area contributed by atoms with Gasteiger partial charge in [0.05, 0.1) is 0 Å². The number of likely N-dealkylation sites (tertiary alicyclic amines) is 2. The molecule has 0 N–H and O–H groups in total. The summed E-state index contributed by atoms with van der Waals surface area (Å²) < 4.78 is 0. The van der Waals surface area contributed by atoms with Crippen LogP contribution in [0.15, 0.2) is 0 Å². The first kappa shape index (κ1) is 15.4. The van der Waals surface area contributed by atoms with Crippen LogP contribution in [0.4, 0.5) is 0 Å². The average molecular weight is 306 g/mol. The summed E-state index contributed by atoms with van der Waals surface area (Å²) in [5.41, 5.74) is 0.732. The van der Waals surface area contributed by atoms with Crippen molar-refractivity contribution < 1.29 is 0 Å². The summed E-state index contributed by atoms with van der Waals surface area (Å²) in [4.78, 5) is 8.13. The predicted octanol–water partition coefficient (Wildman–Crippen LogP) is 2.67. The van der Waals surface area contributed by atoms with E-state index in [9.17, 15) is 0 Å². The second-order valence-corrected chi connectivity index (χ2v) is 9.07. The fourth-order valence-electron chi connectivity index (χ4n) is 5.50. The maximum atomic E-state index is 2.72. The summed E-state index contributed by atoms with van der Waals surface area (Å²) in [6.45, 7) is 10.5. The van der Waals surface area contributed by atoms with Crippen molar-refractivity contribution in [2.45, 2.75) is 64.0 Å². The molecule has 3 heteroatoms. The van der Waals surface area contributed by atoms with Crippen LogP contribution in [0.25, 0.3) is 0 Å². The van der Waals surface area contributed by atoms with Crippen LogP contribution < -0.4 is 0 Å². The summed E-state index contributed by atoms with van der Waals surface area (Å²) in [6.07, 6.45) is 10.2. The summed E-state index contributed by atoms with van der Waals surface area (Å²) in [5.74, 6) is 0.982. The average Bonchev–Trinajstić information content (AvgIpc) is 2.41. The van der Waals surface area contributed by atoms with Gasteiger partial charge in [0.2, 0.25) is 0 Å². The van der Waals surface area contributed by atoms with Gasteiger partial charge in [-0.2, -0.15) is 0 Å². The minimum absolute atomic E-state index is 0.732. The molecule has 22 heavy (non-hydrogen) atoms. The molecule has 0 bridgehead atoms. The Bertz CT molecular complexity index is 370. The van der Waals surface area contributed by atoms with Crippen LogP contribution in [-0.4, -0.2) is 73.1 Å². The SMILES string of the molecule is CN(C1CC2(C1)CN(CCN1CCCCC1)C2)[C@H]1C[C@H](C)C1. The van der Waals surface area contributed by atoms with Crippen LogP contribution in [0.5, 0.6) is 0 Å². The molecule has 2 heterocycles. The van der Waals surface area contributed by atoms with Gasteiger partial charge in [0.15, 0.2) is 0 Å². The second kappa shape index (κ2) is 6.07. The van der Waals surface area contributed by atoms with Gasteiger partial charge in [-0.25, -0.2) is 0 Å². The van der Waals surface area contributed by atoms with E-state index in [0.29, 0.717) is 0 Å². The summed E-state index contributed by atoms with van der Waals surface area (Å²) in [5, 5.41) is 0. The third kappa shape index (κ3) is 2.97. The molecular formula is C19H35N3. The van der Waals surface area contributed by atoms with E-state index in [1.165, 1.54) is 84.2 Å². The molecule has 0 atom stereocenters. The molecule has 4 rings (SSSR count). The zero-order valence-corrected chi connectivity index (χ0v) is 14.8. The minimum atomic E-state index is 0.732. The molecule has 126 valence electrons. The molecule has 4 fully saturated rings. The lowest BCUT2D eigenvalue weighted by atomic mass is 9.59. The molecule has 0 aromatic heterocycles. The highest BCUT2D eigenvalue weighted by atomic mass is 15.3. The first-order chi connectivity index (χ1) is 10.6. The van der Waals surface area contributed by atoms with E-state index >= 15 is 0 Å². The van der Waals surface area contributed by atoms with Crippen molar-refractivity contribution in [2.24, 2.45) is 11.3 Å². The van der Waals surface area contributed by atoms with Gasteiger partial charge in [0.25, 0.3) is 0 Å². The first-order valence-electron chi connectivity index (χ1n) is 9.80. The van der Waals surface area contributed by atoms with Gasteiger partial charge in [-0.1, -0.05) is 13.3 Å². The van der Waals surface area contributed by atoms with Crippen molar-refractivity contribution in [1.29, 1.82) is 0 Å². The molecule has 3 nitrogen and oxygen atoms in total. The van der Waals surface area contributed by atoms with Gasteiger partial charge in [-0.05, 0) is 70.0 Å². The zero-order chi connectivity index (χ0) is 15.2. The molecule has 0 unspecified atom stereocenters. The van der Waals surface area contributed by atoms with E-state index in [2.05, 4.69) is 28.7 Å². The second-order valence-electron chi connectivity index (χ2n) is 9.07. The van der Waals surface area contributed by atoms with E-state index in [4.69, 9.17) is 0 Å². The van der Waals surface area contributed by atoms with E-state index in [-0.39, 0.29) is 0 Å². The molecule has 4 aliphatic rings. The number of hydrogen-bond acceptors (Lipinski definition) is 3. The smallest absolute Gasteiger partial charge is 0.0110 e. The van der Waals surface area contributed by atoms with E-state index in [1.54, 1.807) is 0 Å². The lowest BCUT2D eigenvalue weighted by Gasteiger charge is -2.62. The van der Waals surface area contributed by atoms with Crippen molar-refractivity contribution in [3.05, 3.63) is 0 Å². The van der Waals surface area contributed by atoms with Gasteiger partial charge in [0, 0.05) is 38.3 Å². The fourth-order valence-corrected chi connectivity index (χ4v) is 5.50. The molecule has 0 aromatic rings. The van der Waals surface area contributed by atoms with Crippen LogP contribution in [0.2, 0.25) is 0 Å². The molecule has 0 aromatic carbocycles. The van der Waals surface area contributed by atoms with Gasteiger partial charge in [-0.15, -0.1) is 0 Å². The standard InChI is InChI=1S/C19H35N3/c1-16-10-17(11-16)20(2)18-12-19(13-18)14-22(15-19)9-8-21-6-4-3-5-7-21/h16-18H,3-15H2,1-2H3/t16-,17-. The van der Waals surface area contributed by atoms with Crippen LogP contribution in [0, 0.1) is 11.3 Å². The molecule has 1 spiro atoms. The Morgan fingerprint density at radius 2 is 1.55 bits per heavy atom. The molecule has 0 amide bonds. The highest BCUT2D eigenvalue weighted by Gasteiger charge is 2.54. The van der Waals surface area contributed by atoms with Gasteiger partial charge < -0.3 is 14.7 Å². The topological polar surface area (TPSA) is 9.72 Å². The maximum absolute atomic E-state index is 2.72. The van der Waals surface area contributed by atoms with E-state index in [1.807, 2.05) is 0 Å². The van der Waals surface area contributed by atoms with Crippen LogP contribution in [-0.2, 0) is 0 Å². The van der Waals surface area contributed by atoms with Crippen molar-refractivity contribution in [3.63, 3.8) is 0 Å². The highest BCUT2D eigenvalue weighted by molar-refractivity contribution is 5.08. The maximum Gasteiger partial charge on any atom is 0.0110 e.